The van der Waals surface area contributed by atoms with E-state index in [1.54, 1.807) is 0 Å². The van der Waals surface area contributed by atoms with E-state index in [0.717, 1.165) is 37.3 Å². The zero-order chi connectivity index (χ0) is 14.7. The lowest BCUT2D eigenvalue weighted by Crippen LogP contribution is -2.29. The van der Waals surface area contributed by atoms with Crippen molar-refractivity contribution in [3.63, 3.8) is 0 Å². The van der Waals surface area contributed by atoms with Crippen LogP contribution in [0.15, 0.2) is 36.5 Å². The topological polar surface area (TPSA) is 60.2 Å². The van der Waals surface area contributed by atoms with Gasteiger partial charge in [-0.2, -0.15) is 0 Å². The van der Waals surface area contributed by atoms with Crippen LogP contribution in [0.4, 0.5) is 0 Å². The molecule has 110 valence electrons. The third kappa shape index (κ3) is 3.23. The van der Waals surface area contributed by atoms with Crippen LogP contribution < -0.4 is 16.0 Å². The average molecular weight is 283 g/mol. The molecule has 0 spiro atoms. The van der Waals surface area contributed by atoms with E-state index < -0.39 is 0 Å². The molecule has 3 rings (SSSR count). The van der Waals surface area contributed by atoms with E-state index in [1.807, 2.05) is 12.3 Å². The molecule has 0 fully saturated rings. The van der Waals surface area contributed by atoms with Gasteiger partial charge in [0.25, 0.3) is 0 Å². The molecule has 0 aliphatic carbocycles. The van der Waals surface area contributed by atoms with Gasteiger partial charge in [-0.3, -0.25) is 16.3 Å². The molecule has 1 unspecified atom stereocenters. The van der Waals surface area contributed by atoms with Gasteiger partial charge >= 0.3 is 0 Å². The summed E-state index contributed by atoms with van der Waals surface area (Å²) in [5, 5.41) is 0. The number of nitrogens with two attached hydrogens (primary N) is 1. The van der Waals surface area contributed by atoms with Crippen LogP contribution >= 0.6 is 0 Å². The zero-order valence-corrected chi connectivity index (χ0v) is 12.3. The van der Waals surface area contributed by atoms with E-state index >= 15 is 0 Å². The number of fused-ring (bicyclic) bond motifs is 1. The molecule has 0 saturated heterocycles. The Balaban J connectivity index is 1.68. The fourth-order valence-corrected chi connectivity index (χ4v) is 2.77. The van der Waals surface area contributed by atoms with Gasteiger partial charge in [0.2, 0.25) is 0 Å². The molecular weight excluding hydrogens is 262 g/mol. The molecule has 21 heavy (non-hydrogen) atoms. The van der Waals surface area contributed by atoms with Gasteiger partial charge in [0.1, 0.15) is 5.75 Å². The molecule has 1 aromatic carbocycles. The van der Waals surface area contributed by atoms with E-state index in [4.69, 9.17) is 10.6 Å². The molecule has 0 saturated carbocycles. The second kappa shape index (κ2) is 6.24. The van der Waals surface area contributed by atoms with Gasteiger partial charge in [-0.05, 0) is 54.7 Å². The standard InChI is InChI=1S/C17H21N3O/c1-12-6-8-19-16(10-12)15(20-18)4-2-13-3-5-17-14(11-13)7-9-21-17/h3,5-6,8,10-11,15,20H,2,4,7,9,18H2,1H3. The Morgan fingerprint density at radius 3 is 3.05 bits per heavy atom. The second-order valence-corrected chi connectivity index (χ2v) is 5.56. The Bertz CT molecular complexity index is 627. The number of aryl methyl sites for hydroxylation is 2. The van der Waals surface area contributed by atoms with Crippen LogP contribution in [0.1, 0.15) is 34.8 Å². The second-order valence-electron chi connectivity index (χ2n) is 5.56. The summed E-state index contributed by atoms with van der Waals surface area (Å²) >= 11 is 0. The SMILES string of the molecule is Cc1ccnc(C(CCc2ccc3c(c2)CCO3)NN)c1. The van der Waals surface area contributed by atoms with Gasteiger partial charge in [-0.25, -0.2) is 0 Å². The molecule has 4 heteroatoms. The summed E-state index contributed by atoms with van der Waals surface area (Å²) in [5.74, 6) is 6.73. The lowest BCUT2D eigenvalue weighted by Gasteiger charge is -2.16. The van der Waals surface area contributed by atoms with Crippen molar-refractivity contribution in [2.24, 2.45) is 5.84 Å². The maximum atomic E-state index is 5.70. The minimum Gasteiger partial charge on any atom is -0.493 e. The van der Waals surface area contributed by atoms with Crippen molar-refractivity contribution in [1.82, 2.24) is 10.4 Å². The van der Waals surface area contributed by atoms with Crippen molar-refractivity contribution < 1.29 is 4.74 Å². The molecule has 2 aromatic rings. The first-order valence-electron chi connectivity index (χ1n) is 7.39. The number of hydrazine groups is 1. The Morgan fingerprint density at radius 2 is 2.24 bits per heavy atom. The summed E-state index contributed by atoms with van der Waals surface area (Å²) in [7, 11) is 0. The highest BCUT2D eigenvalue weighted by atomic mass is 16.5. The number of rotatable bonds is 5. The van der Waals surface area contributed by atoms with Crippen molar-refractivity contribution in [2.75, 3.05) is 6.61 Å². The van der Waals surface area contributed by atoms with Gasteiger partial charge in [0, 0.05) is 12.6 Å². The molecule has 3 N–H and O–H groups in total. The first kappa shape index (κ1) is 14.0. The number of hydrogen-bond acceptors (Lipinski definition) is 4. The highest BCUT2D eigenvalue weighted by Gasteiger charge is 2.14. The first-order chi connectivity index (χ1) is 10.3. The number of nitrogens with one attached hydrogen (secondary N) is 1. The number of aromatic nitrogens is 1. The Hall–Kier alpha value is -1.91. The van der Waals surface area contributed by atoms with Crippen molar-refractivity contribution in [1.29, 1.82) is 0 Å². The van der Waals surface area contributed by atoms with Crippen LogP contribution in [0.5, 0.6) is 5.75 Å². The number of ether oxygens (including phenoxy) is 1. The van der Waals surface area contributed by atoms with E-state index in [2.05, 4.69) is 41.6 Å². The fourth-order valence-electron chi connectivity index (χ4n) is 2.77. The monoisotopic (exact) mass is 283 g/mol. The summed E-state index contributed by atoms with van der Waals surface area (Å²) in [6, 6.07) is 10.6. The van der Waals surface area contributed by atoms with Crippen LogP contribution in [0.3, 0.4) is 0 Å². The maximum Gasteiger partial charge on any atom is 0.122 e. The average Bonchev–Trinajstić information content (AvgIpc) is 2.95. The van der Waals surface area contributed by atoms with Gasteiger partial charge in [-0.15, -0.1) is 0 Å². The predicted molar refractivity (Wildman–Crippen MR) is 83.0 cm³/mol. The molecule has 0 radical (unpaired) electrons. The van der Waals surface area contributed by atoms with Crippen molar-refractivity contribution in [3.8, 4) is 5.75 Å². The minimum atomic E-state index is 0.0782. The minimum absolute atomic E-state index is 0.0782. The van der Waals surface area contributed by atoms with Crippen molar-refractivity contribution in [2.45, 2.75) is 32.2 Å². The van der Waals surface area contributed by atoms with Gasteiger partial charge < -0.3 is 4.74 Å². The molecule has 1 aliphatic heterocycles. The molecule has 0 bridgehead atoms. The predicted octanol–water partition coefficient (Wildman–Crippen LogP) is 2.46. The summed E-state index contributed by atoms with van der Waals surface area (Å²) in [5.41, 5.74) is 7.73. The molecule has 1 aromatic heterocycles. The Kier molecular flexibility index (Phi) is 4.18. The highest BCUT2D eigenvalue weighted by Crippen LogP contribution is 2.27. The maximum absolute atomic E-state index is 5.70. The number of hydrogen-bond donors (Lipinski definition) is 2. The molecule has 0 amide bonds. The van der Waals surface area contributed by atoms with Crippen LogP contribution in [0, 0.1) is 6.92 Å². The quantitative estimate of drug-likeness (QED) is 0.653. The third-order valence-electron chi connectivity index (χ3n) is 3.97. The molecule has 1 aliphatic rings. The third-order valence-corrected chi connectivity index (χ3v) is 3.97. The zero-order valence-electron chi connectivity index (χ0n) is 12.3. The lowest BCUT2D eigenvalue weighted by molar-refractivity contribution is 0.357. The Labute approximate surface area is 125 Å². The van der Waals surface area contributed by atoms with Crippen LogP contribution in [-0.4, -0.2) is 11.6 Å². The van der Waals surface area contributed by atoms with E-state index in [0.29, 0.717) is 0 Å². The summed E-state index contributed by atoms with van der Waals surface area (Å²) in [6.45, 7) is 2.87. The fraction of sp³-hybridized carbons (Fsp3) is 0.353. The van der Waals surface area contributed by atoms with Crippen LogP contribution in [-0.2, 0) is 12.8 Å². The number of benzene rings is 1. The molecular formula is C17H21N3O. The molecule has 4 nitrogen and oxygen atoms in total. The van der Waals surface area contributed by atoms with E-state index in [-0.39, 0.29) is 6.04 Å². The largest absolute Gasteiger partial charge is 0.493 e. The number of pyridine rings is 1. The molecule has 1 atom stereocenters. The summed E-state index contributed by atoms with van der Waals surface area (Å²) in [4.78, 5) is 4.42. The smallest absolute Gasteiger partial charge is 0.122 e. The van der Waals surface area contributed by atoms with Gasteiger partial charge in [0.05, 0.1) is 18.3 Å². The van der Waals surface area contributed by atoms with Crippen LogP contribution in [0.2, 0.25) is 0 Å². The van der Waals surface area contributed by atoms with Gasteiger partial charge in [-0.1, -0.05) is 12.1 Å². The lowest BCUT2D eigenvalue weighted by atomic mass is 10.00. The Morgan fingerprint density at radius 1 is 1.33 bits per heavy atom. The number of nitrogens with zero attached hydrogens (tertiary/aromatic N) is 1. The molecule has 2 heterocycles. The summed E-state index contributed by atoms with van der Waals surface area (Å²) < 4.78 is 5.54. The van der Waals surface area contributed by atoms with Crippen molar-refractivity contribution in [3.05, 3.63) is 58.9 Å². The normalized spacial score (nSPS) is 14.6. The summed E-state index contributed by atoms with van der Waals surface area (Å²) in [6.07, 6.45) is 4.74. The van der Waals surface area contributed by atoms with Crippen LogP contribution in [0.25, 0.3) is 0 Å². The van der Waals surface area contributed by atoms with E-state index in [1.165, 1.54) is 16.7 Å². The van der Waals surface area contributed by atoms with E-state index in [9.17, 15) is 0 Å². The van der Waals surface area contributed by atoms with Gasteiger partial charge in [0.15, 0.2) is 0 Å². The van der Waals surface area contributed by atoms with Crippen molar-refractivity contribution >= 4 is 0 Å². The highest BCUT2D eigenvalue weighted by molar-refractivity contribution is 5.39. The first-order valence-corrected chi connectivity index (χ1v) is 7.39.